The fraction of sp³-hybridized carbons (Fsp3) is 0.429. The molecule has 0 spiro atoms. The summed E-state index contributed by atoms with van der Waals surface area (Å²) in [4.78, 5) is 0. The average molecular weight is 234 g/mol. The topological polar surface area (TPSA) is 38.7 Å². The van der Waals surface area contributed by atoms with Crippen LogP contribution in [-0.4, -0.2) is 17.8 Å². The molecule has 1 atom stereocenters. The summed E-state index contributed by atoms with van der Waals surface area (Å²) in [6.45, 7) is 5.86. The summed E-state index contributed by atoms with van der Waals surface area (Å²) in [5.74, 6) is 0.922. The van der Waals surface area contributed by atoms with E-state index in [4.69, 9.17) is 9.47 Å². The van der Waals surface area contributed by atoms with Crippen LogP contribution in [0.15, 0.2) is 18.2 Å². The number of hydrogen-bond donors (Lipinski definition) is 1. The van der Waals surface area contributed by atoms with Crippen LogP contribution in [0.5, 0.6) is 11.5 Å². The Morgan fingerprint density at radius 2 is 2.06 bits per heavy atom. The Morgan fingerprint density at radius 3 is 2.71 bits per heavy atom. The molecule has 0 saturated heterocycles. The lowest BCUT2D eigenvalue weighted by molar-refractivity contribution is 0.116. The van der Waals surface area contributed by atoms with Crippen LogP contribution in [0, 0.1) is 0 Å². The van der Waals surface area contributed by atoms with Crippen molar-refractivity contribution in [3.63, 3.8) is 0 Å². The predicted octanol–water partition coefficient (Wildman–Crippen LogP) is 3.28. The van der Waals surface area contributed by atoms with Crippen molar-refractivity contribution < 1.29 is 14.6 Å². The zero-order valence-corrected chi connectivity index (χ0v) is 10.7. The number of benzene rings is 1. The van der Waals surface area contributed by atoms with E-state index in [0.29, 0.717) is 5.75 Å². The van der Waals surface area contributed by atoms with Crippen LogP contribution in [0.3, 0.4) is 0 Å². The summed E-state index contributed by atoms with van der Waals surface area (Å²) in [5, 5.41) is 9.95. The number of rotatable bonds is 2. The first-order chi connectivity index (χ1) is 7.93. The van der Waals surface area contributed by atoms with Crippen LogP contribution >= 0.6 is 0 Å². The number of ether oxygens (including phenoxy) is 2. The third-order valence-corrected chi connectivity index (χ3v) is 2.99. The molecule has 0 amide bonds. The number of aromatic hydroxyl groups is 1. The van der Waals surface area contributed by atoms with E-state index in [-0.39, 0.29) is 17.5 Å². The van der Waals surface area contributed by atoms with Gasteiger partial charge in [0.25, 0.3) is 0 Å². The molecule has 1 aliphatic rings. The monoisotopic (exact) mass is 234 g/mol. The normalized spacial score (nSPS) is 18.4. The molecule has 0 fully saturated rings. The van der Waals surface area contributed by atoms with Gasteiger partial charge in [-0.15, -0.1) is 0 Å². The van der Waals surface area contributed by atoms with Crippen molar-refractivity contribution in [1.82, 2.24) is 0 Å². The Hall–Kier alpha value is -1.48. The first-order valence-corrected chi connectivity index (χ1v) is 5.71. The van der Waals surface area contributed by atoms with Crippen molar-refractivity contribution in [2.75, 3.05) is 7.11 Å². The van der Waals surface area contributed by atoms with Gasteiger partial charge in [-0.1, -0.05) is 6.08 Å². The first kappa shape index (κ1) is 12.0. The van der Waals surface area contributed by atoms with Gasteiger partial charge in [0.15, 0.2) is 0 Å². The summed E-state index contributed by atoms with van der Waals surface area (Å²) >= 11 is 0. The molecule has 3 heteroatoms. The van der Waals surface area contributed by atoms with Crippen molar-refractivity contribution in [1.29, 1.82) is 0 Å². The number of phenols is 1. The molecule has 1 aromatic rings. The second kappa shape index (κ2) is 4.08. The smallest absolute Gasteiger partial charge is 0.131 e. The van der Waals surface area contributed by atoms with Gasteiger partial charge in [0.05, 0.1) is 6.10 Å². The SMILES string of the molecule is CO[C@H](C)c1cc2c(cc1O)OC(C)(C)C=C2. The summed E-state index contributed by atoms with van der Waals surface area (Å²) < 4.78 is 11.0. The van der Waals surface area contributed by atoms with Gasteiger partial charge in [-0.25, -0.2) is 0 Å². The lowest BCUT2D eigenvalue weighted by atomic mass is 9.99. The minimum absolute atomic E-state index is 0.136. The molecule has 1 N–H and O–H groups in total. The fourth-order valence-electron chi connectivity index (χ4n) is 1.88. The molecule has 1 aromatic carbocycles. The van der Waals surface area contributed by atoms with Gasteiger partial charge >= 0.3 is 0 Å². The van der Waals surface area contributed by atoms with E-state index in [1.165, 1.54) is 0 Å². The van der Waals surface area contributed by atoms with Gasteiger partial charge in [0, 0.05) is 24.3 Å². The molecule has 3 nitrogen and oxygen atoms in total. The highest BCUT2D eigenvalue weighted by molar-refractivity contribution is 5.64. The van der Waals surface area contributed by atoms with Gasteiger partial charge in [0.1, 0.15) is 17.1 Å². The Labute approximate surface area is 102 Å². The van der Waals surface area contributed by atoms with Crippen molar-refractivity contribution in [2.24, 2.45) is 0 Å². The second-order valence-electron chi connectivity index (χ2n) is 4.87. The maximum Gasteiger partial charge on any atom is 0.131 e. The van der Waals surface area contributed by atoms with E-state index in [0.717, 1.165) is 11.1 Å². The van der Waals surface area contributed by atoms with E-state index in [1.54, 1.807) is 13.2 Å². The van der Waals surface area contributed by atoms with Crippen molar-refractivity contribution in [3.8, 4) is 11.5 Å². The van der Waals surface area contributed by atoms with Crippen LogP contribution in [-0.2, 0) is 4.74 Å². The van der Waals surface area contributed by atoms with E-state index < -0.39 is 0 Å². The van der Waals surface area contributed by atoms with E-state index >= 15 is 0 Å². The molecule has 92 valence electrons. The first-order valence-electron chi connectivity index (χ1n) is 5.71. The van der Waals surface area contributed by atoms with Crippen LogP contribution in [0.2, 0.25) is 0 Å². The molecule has 0 radical (unpaired) electrons. The molecule has 0 unspecified atom stereocenters. The summed E-state index contributed by atoms with van der Waals surface area (Å²) in [7, 11) is 1.62. The number of hydrogen-bond acceptors (Lipinski definition) is 3. The zero-order chi connectivity index (χ0) is 12.6. The van der Waals surface area contributed by atoms with Crippen molar-refractivity contribution in [2.45, 2.75) is 32.5 Å². The Balaban J connectivity index is 2.45. The van der Waals surface area contributed by atoms with Gasteiger partial charge in [0.2, 0.25) is 0 Å². The molecular weight excluding hydrogens is 216 g/mol. The standard InChI is InChI=1S/C14H18O3/c1-9(16-4)11-7-10-5-6-14(2,3)17-13(10)8-12(11)15/h5-9,15H,1-4H3/t9-/m1/s1. The third-order valence-electron chi connectivity index (χ3n) is 2.99. The molecule has 0 aliphatic carbocycles. The van der Waals surface area contributed by atoms with Gasteiger partial charge in [-0.3, -0.25) is 0 Å². The molecule has 1 aliphatic heterocycles. The fourth-order valence-corrected chi connectivity index (χ4v) is 1.88. The zero-order valence-electron chi connectivity index (χ0n) is 10.7. The largest absolute Gasteiger partial charge is 0.507 e. The number of fused-ring (bicyclic) bond motifs is 1. The molecule has 2 rings (SSSR count). The van der Waals surface area contributed by atoms with Crippen LogP contribution in [0.25, 0.3) is 6.08 Å². The number of phenolic OH excluding ortho intramolecular Hbond substituents is 1. The van der Waals surface area contributed by atoms with Gasteiger partial charge in [-0.05, 0) is 32.9 Å². The highest BCUT2D eigenvalue weighted by Gasteiger charge is 2.23. The van der Waals surface area contributed by atoms with E-state index in [2.05, 4.69) is 0 Å². The van der Waals surface area contributed by atoms with Crippen molar-refractivity contribution >= 4 is 6.08 Å². The summed E-state index contributed by atoms with van der Waals surface area (Å²) in [5.41, 5.74) is 1.42. The maximum atomic E-state index is 9.95. The lowest BCUT2D eigenvalue weighted by Gasteiger charge is -2.28. The van der Waals surface area contributed by atoms with Gasteiger partial charge in [-0.2, -0.15) is 0 Å². The quantitative estimate of drug-likeness (QED) is 0.853. The van der Waals surface area contributed by atoms with Gasteiger partial charge < -0.3 is 14.6 Å². The lowest BCUT2D eigenvalue weighted by Crippen LogP contribution is -2.27. The highest BCUT2D eigenvalue weighted by Crippen LogP contribution is 2.38. The molecular formula is C14H18O3. The minimum atomic E-state index is -0.326. The Kier molecular flexibility index (Phi) is 2.87. The summed E-state index contributed by atoms with van der Waals surface area (Å²) in [6.07, 6.45) is 3.89. The molecule has 0 aromatic heterocycles. The molecule has 0 bridgehead atoms. The third kappa shape index (κ3) is 2.29. The second-order valence-corrected chi connectivity index (χ2v) is 4.87. The Morgan fingerprint density at radius 1 is 1.35 bits per heavy atom. The van der Waals surface area contributed by atoms with Crippen LogP contribution in [0.4, 0.5) is 0 Å². The minimum Gasteiger partial charge on any atom is -0.507 e. The van der Waals surface area contributed by atoms with Crippen LogP contribution in [0.1, 0.15) is 38.0 Å². The summed E-state index contributed by atoms with van der Waals surface area (Å²) in [6, 6.07) is 3.57. The molecule has 1 heterocycles. The molecule has 17 heavy (non-hydrogen) atoms. The van der Waals surface area contributed by atoms with E-state index in [1.807, 2.05) is 39.0 Å². The van der Waals surface area contributed by atoms with E-state index in [9.17, 15) is 5.11 Å². The van der Waals surface area contributed by atoms with Crippen molar-refractivity contribution in [3.05, 3.63) is 29.3 Å². The molecule has 0 saturated carbocycles. The maximum absolute atomic E-state index is 9.95. The Bertz CT molecular complexity index is 461. The number of methoxy groups -OCH3 is 1. The average Bonchev–Trinajstić information content (AvgIpc) is 2.26. The van der Waals surface area contributed by atoms with Crippen LogP contribution < -0.4 is 4.74 Å². The predicted molar refractivity (Wildman–Crippen MR) is 67.3 cm³/mol. The highest BCUT2D eigenvalue weighted by atomic mass is 16.5.